The summed E-state index contributed by atoms with van der Waals surface area (Å²) < 4.78 is 2.03. The number of nitrogens with zero attached hydrogens (tertiary/aromatic N) is 1. The third-order valence-corrected chi connectivity index (χ3v) is 10.7. The number of carbonyl (C=O) groups excluding carboxylic acids is 1. The third kappa shape index (κ3) is 4.06. The molecule has 1 fully saturated rings. The summed E-state index contributed by atoms with van der Waals surface area (Å²) in [4.78, 5) is 17.5. The lowest BCUT2D eigenvalue weighted by molar-refractivity contribution is 0.0874. The molecular weight excluding hydrogens is 634 g/mol. The van der Waals surface area contributed by atoms with Gasteiger partial charge >= 0.3 is 0 Å². The molecule has 0 bridgehead atoms. The normalized spacial score (nSPS) is 22.5. The van der Waals surface area contributed by atoms with Crippen molar-refractivity contribution in [3.05, 3.63) is 146 Å². The number of Topliss-reactive ketones (excluding diaryl/α,β-unsaturated/α-hetero) is 1. The van der Waals surface area contributed by atoms with E-state index in [9.17, 15) is 0 Å². The molecule has 7 rings (SSSR count). The molecule has 0 unspecified atom stereocenters. The molecule has 0 N–H and O–H groups in total. The zero-order valence-electron chi connectivity index (χ0n) is 23.0. The van der Waals surface area contributed by atoms with E-state index in [4.69, 9.17) is 0 Å². The van der Waals surface area contributed by atoms with Gasteiger partial charge in [0, 0.05) is 32.7 Å². The predicted octanol–water partition coefficient (Wildman–Crippen LogP) is 9.89. The highest BCUT2D eigenvalue weighted by Crippen LogP contribution is 2.65. The van der Waals surface area contributed by atoms with Crippen molar-refractivity contribution in [3.8, 4) is 0 Å². The zero-order valence-corrected chi connectivity index (χ0v) is 26.2. The Labute approximate surface area is 259 Å². The molecule has 4 aromatic rings. The van der Waals surface area contributed by atoms with Crippen LogP contribution in [0.5, 0.6) is 0 Å². The van der Waals surface area contributed by atoms with Gasteiger partial charge in [-0.25, -0.2) is 0 Å². The number of likely N-dealkylation sites (N-methyl/N-ethyl adjacent to an activating group) is 1. The monoisotopic (exact) mass is 663 g/mol. The minimum absolute atomic E-state index is 0.171. The van der Waals surface area contributed by atoms with Crippen molar-refractivity contribution in [2.45, 2.75) is 36.6 Å². The van der Waals surface area contributed by atoms with Gasteiger partial charge in [0.05, 0.1) is 11.5 Å². The van der Waals surface area contributed by atoms with Crippen molar-refractivity contribution >= 4 is 54.5 Å². The van der Waals surface area contributed by atoms with E-state index in [0.29, 0.717) is 0 Å². The third-order valence-electron chi connectivity index (χ3n) is 9.67. The lowest BCUT2D eigenvalue weighted by atomic mass is 9.55. The van der Waals surface area contributed by atoms with Crippen molar-refractivity contribution in [1.29, 1.82) is 0 Å². The fraction of sp³-hybridized carbons (Fsp3) is 0.216. The Kier molecular flexibility index (Phi) is 6.67. The Morgan fingerprint density at radius 2 is 1.37 bits per heavy atom. The van der Waals surface area contributed by atoms with Gasteiger partial charge in [0.2, 0.25) is 0 Å². The molecule has 2 aliphatic carbocycles. The number of fused-ring (bicyclic) bond motifs is 3. The first kappa shape index (κ1) is 26.7. The molecule has 0 aromatic heterocycles. The fourth-order valence-corrected chi connectivity index (χ4v) is 8.45. The quantitative estimate of drug-likeness (QED) is 0.202. The summed E-state index contributed by atoms with van der Waals surface area (Å²) in [5, 5.41) is 0. The highest BCUT2D eigenvalue weighted by molar-refractivity contribution is 9.10. The summed E-state index contributed by atoms with van der Waals surface area (Å²) in [5.41, 5.74) is 7.14. The smallest absolute Gasteiger partial charge is 0.173 e. The van der Waals surface area contributed by atoms with Gasteiger partial charge < -0.3 is 4.90 Å². The first-order chi connectivity index (χ1) is 19.9. The number of ketones is 1. The van der Waals surface area contributed by atoms with E-state index in [1.165, 1.54) is 16.8 Å². The van der Waals surface area contributed by atoms with Crippen LogP contribution in [0.25, 0.3) is 11.1 Å². The Hall–Kier alpha value is -3.21. The molecular formula is C37H31Br2NO. The van der Waals surface area contributed by atoms with Crippen LogP contribution in [0.1, 0.15) is 52.7 Å². The number of hydrogen-bond acceptors (Lipinski definition) is 2. The largest absolute Gasteiger partial charge is 0.363 e. The molecule has 2 nitrogen and oxygen atoms in total. The second kappa shape index (κ2) is 10.3. The van der Waals surface area contributed by atoms with E-state index in [2.05, 4.69) is 135 Å². The van der Waals surface area contributed by atoms with E-state index in [1.54, 1.807) is 0 Å². The van der Waals surface area contributed by atoms with E-state index < -0.39 is 5.54 Å². The summed E-state index contributed by atoms with van der Waals surface area (Å²) in [6.45, 7) is 0. The van der Waals surface area contributed by atoms with E-state index >= 15 is 4.79 Å². The van der Waals surface area contributed by atoms with Gasteiger partial charge in [0.15, 0.2) is 5.78 Å². The topological polar surface area (TPSA) is 20.3 Å². The second-order valence-corrected chi connectivity index (χ2v) is 13.4. The Balaban J connectivity index is 1.56. The molecule has 3 aliphatic rings. The maximum Gasteiger partial charge on any atom is 0.173 e. The minimum Gasteiger partial charge on any atom is -0.363 e. The standard InChI is InChI=1S/C37H31Br2NO/c1-40-33-12-6-5-11-32(33)36(21-7-8-22-36)37(40)24-28(25-13-17-29(38)18-14-25)23-31(26-9-3-2-4-10-26)34(37)35(41)27-15-19-30(39)20-16-27/h2-6,9-20,23-24,34H,7-8,21-22H2,1H3/t34-,37-/m0/s1. The zero-order chi connectivity index (χ0) is 28.2. The van der Waals surface area contributed by atoms with Crippen LogP contribution in [0, 0.1) is 5.92 Å². The van der Waals surface area contributed by atoms with Crippen LogP contribution in [-0.2, 0) is 5.41 Å². The van der Waals surface area contributed by atoms with Gasteiger partial charge in [-0.3, -0.25) is 4.79 Å². The number of para-hydroxylation sites is 1. The Morgan fingerprint density at radius 3 is 2.05 bits per heavy atom. The Bertz CT molecular complexity index is 1680. The van der Waals surface area contributed by atoms with Crippen LogP contribution in [0.3, 0.4) is 0 Å². The summed E-state index contributed by atoms with van der Waals surface area (Å²) in [7, 11) is 2.22. The summed E-state index contributed by atoms with van der Waals surface area (Å²) >= 11 is 7.20. The molecule has 2 atom stereocenters. The number of allylic oxidation sites excluding steroid dienone is 2. The van der Waals surface area contributed by atoms with Crippen molar-refractivity contribution in [1.82, 2.24) is 0 Å². The maximum atomic E-state index is 15.1. The van der Waals surface area contributed by atoms with Gasteiger partial charge in [-0.2, -0.15) is 0 Å². The minimum atomic E-state index is -0.570. The Morgan fingerprint density at radius 1 is 0.756 bits per heavy atom. The van der Waals surface area contributed by atoms with Gasteiger partial charge in [-0.1, -0.05) is 117 Å². The second-order valence-electron chi connectivity index (χ2n) is 11.6. The number of rotatable bonds is 4. The van der Waals surface area contributed by atoms with Crippen molar-refractivity contribution in [2.24, 2.45) is 5.92 Å². The van der Waals surface area contributed by atoms with E-state index in [-0.39, 0.29) is 17.1 Å². The molecule has 1 heterocycles. The van der Waals surface area contributed by atoms with Gasteiger partial charge in [0.1, 0.15) is 0 Å². The van der Waals surface area contributed by atoms with Crippen molar-refractivity contribution in [3.63, 3.8) is 0 Å². The first-order valence-corrected chi connectivity index (χ1v) is 15.9. The van der Waals surface area contributed by atoms with Crippen molar-refractivity contribution in [2.75, 3.05) is 11.9 Å². The average molecular weight is 665 g/mol. The SMILES string of the molecule is CN1c2ccccc2C2(CCCC2)[C@@]12C=C(c1ccc(Br)cc1)C=C(c1ccccc1)[C@H]2C(=O)c1ccc(Br)cc1. The number of hydrogen-bond donors (Lipinski definition) is 0. The lowest BCUT2D eigenvalue weighted by Gasteiger charge is -2.53. The molecule has 204 valence electrons. The van der Waals surface area contributed by atoms with Gasteiger partial charge in [-0.15, -0.1) is 0 Å². The van der Waals surface area contributed by atoms with Crippen LogP contribution in [0.15, 0.2) is 124 Å². The molecule has 0 amide bonds. The van der Waals surface area contributed by atoms with Crippen LogP contribution in [0.4, 0.5) is 5.69 Å². The molecule has 4 heteroatoms. The molecule has 4 aromatic carbocycles. The lowest BCUT2D eigenvalue weighted by Crippen LogP contribution is -2.62. The van der Waals surface area contributed by atoms with Gasteiger partial charge in [-0.05, 0) is 83.2 Å². The molecule has 0 saturated heterocycles. The summed E-state index contributed by atoms with van der Waals surface area (Å²) in [5.74, 6) is -0.217. The molecule has 2 spiro atoms. The summed E-state index contributed by atoms with van der Waals surface area (Å²) in [6.07, 6.45) is 9.19. The molecule has 41 heavy (non-hydrogen) atoms. The maximum absolute atomic E-state index is 15.1. The van der Waals surface area contributed by atoms with Crippen LogP contribution < -0.4 is 4.90 Å². The van der Waals surface area contributed by atoms with Crippen molar-refractivity contribution < 1.29 is 4.79 Å². The van der Waals surface area contributed by atoms with E-state index in [0.717, 1.165) is 56.9 Å². The van der Waals surface area contributed by atoms with Crippen LogP contribution >= 0.6 is 31.9 Å². The first-order valence-electron chi connectivity index (χ1n) is 14.3. The highest BCUT2D eigenvalue weighted by Gasteiger charge is 2.66. The number of anilines is 1. The summed E-state index contributed by atoms with van der Waals surface area (Å²) in [6, 6.07) is 35.9. The number of halogens is 2. The molecule has 1 aliphatic heterocycles. The van der Waals surface area contributed by atoms with Gasteiger partial charge in [0.25, 0.3) is 0 Å². The number of carbonyl (C=O) groups is 1. The predicted molar refractivity (Wildman–Crippen MR) is 176 cm³/mol. The molecule has 1 saturated carbocycles. The van der Waals surface area contributed by atoms with E-state index in [1.807, 2.05) is 24.3 Å². The fourth-order valence-electron chi connectivity index (χ4n) is 7.92. The highest BCUT2D eigenvalue weighted by atomic mass is 79.9. The van der Waals surface area contributed by atoms with Crippen LogP contribution in [-0.4, -0.2) is 18.4 Å². The average Bonchev–Trinajstić information content (AvgIpc) is 3.58. The molecule has 0 radical (unpaired) electrons. The van der Waals surface area contributed by atoms with Crippen LogP contribution in [0.2, 0.25) is 0 Å². The number of benzene rings is 4.